The second-order valence-electron chi connectivity index (χ2n) is 2.89. The maximum atomic E-state index is 12.2. The Morgan fingerprint density at radius 2 is 2.27 bits per heavy atom. The molecule has 1 aromatic heterocycles. The van der Waals surface area contributed by atoms with E-state index >= 15 is 0 Å². The minimum Gasteiger partial charge on any atom is -0.292 e. The van der Waals surface area contributed by atoms with Gasteiger partial charge < -0.3 is 0 Å². The van der Waals surface area contributed by atoms with Crippen LogP contribution < -0.4 is 11.3 Å². The number of nitrogens with two attached hydrogens (primary N) is 1. The first-order valence-electron chi connectivity index (χ1n) is 3.98. The van der Waals surface area contributed by atoms with Gasteiger partial charge in [-0.05, 0) is 6.92 Å². The number of hydrogen-bond donors (Lipinski definition) is 2. The van der Waals surface area contributed by atoms with Gasteiger partial charge in [-0.15, -0.1) is 0 Å². The highest BCUT2D eigenvalue weighted by Gasteiger charge is 2.33. The average Bonchev–Trinajstić information content (AvgIpc) is 2.63. The van der Waals surface area contributed by atoms with Crippen LogP contribution in [0.15, 0.2) is 12.4 Å². The van der Waals surface area contributed by atoms with E-state index < -0.39 is 23.7 Å². The third-order valence-corrected chi connectivity index (χ3v) is 1.85. The lowest BCUT2D eigenvalue weighted by atomic mass is 10.3. The highest BCUT2D eigenvalue weighted by atomic mass is 19.4. The van der Waals surface area contributed by atoms with E-state index in [0.717, 1.165) is 10.9 Å². The number of rotatable bonds is 2. The summed E-state index contributed by atoms with van der Waals surface area (Å²) >= 11 is 0. The molecule has 1 unspecified atom stereocenters. The lowest BCUT2D eigenvalue weighted by molar-refractivity contribution is -0.137. The lowest BCUT2D eigenvalue weighted by Crippen LogP contribution is -2.36. The summed E-state index contributed by atoms with van der Waals surface area (Å²) in [5, 5.41) is 3.43. The summed E-state index contributed by atoms with van der Waals surface area (Å²) in [4.78, 5) is 11.0. The smallest absolute Gasteiger partial charge is 0.292 e. The second kappa shape index (κ2) is 3.89. The Morgan fingerprint density at radius 1 is 1.67 bits per heavy atom. The van der Waals surface area contributed by atoms with Gasteiger partial charge in [-0.25, -0.2) is 5.84 Å². The Morgan fingerprint density at radius 3 is 2.67 bits per heavy atom. The van der Waals surface area contributed by atoms with Crippen molar-refractivity contribution in [3.63, 3.8) is 0 Å². The van der Waals surface area contributed by atoms with E-state index in [-0.39, 0.29) is 0 Å². The van der Waals surface area contributed by atoms with Crippen LogP contribution >= 0.6 is 0 Å². The molecule has 0 fully saturated rings. The SMILES string of the molecule is CC(C(=O)NN)n1cc(C(F)(F)F)cn1. The van der Waals surface area contributed by atoms with Crippen molar-refractivity contribution < 1.29 is 18.0 Å². The van der Waals surface area contributed by atoms with Crippen LogP contribution in [0.5, 0.6) is 0 Å². The van der Waals surface area contributed by atoms with Gasteiger partial charge in [0.25, 0.3) is 5.91 Å². The van der Waals surface area contributed by atoms with Crippen molar-refractivity contribution in [2.45, 2.75) is 19.1 Å². The molecule has 8 heteroatoms. The molecule has 0 bridgehead atoms. The third kappa shape index (κ3) is 2.46. The number of carbonyl (C=O) groups excluding carboxylic acids is 1. The van der Waals surface area contributed by atoms with Gasteiger partial charge in [-0.2, -0.15) is 18.3 Å². The normalized spacial score (nSPS) is 13.7. The van der Waals surface area contributed by atoms with Gasteiger partial charge in [0.2, 0.25) is 0 Å². The van der Waals surface area contributed by atoms with Gasteiger partial charge in [-0.3, -0.25) is 14.9 Å². The second-order valence-corrected chi connectivity index (χ2v) is 2.89. The van der Waals surface area contributed by atoms with E-state index in [1.54, 1.807) is 0 Å². The summed E-state index contributed by atoms with van der Waals surface area (Å²) in [6.07, 6.45) is -3.06. The Hall–Kier alpha value is -1.57. The molecule has 15 heavy (non-hydrogen) atoms. The predicted octanol–water partition coefficient (Wildman–Crippen LogP) is 0.453. The number of carbonyl (C=O) groups is 1. The van der Waals surface area contributed by atoms with Crippen LogP contribution in [-0.4, -0.2) is 15.7 Å². The lowest BCUT2D eigenvalue weighted by Gasteiger charge is -2.09. The van der Waals surface area contributed by atoms with E-state index in [4.69, 9.17) is 5.84 Å². The first kappa shape index (κ1) is 11.5. The minimum atomic E-state index is -4.46. The van der Waals surface area contributed by atoms with Gasteiger partial charge in [0.15, 0.2) is 0 Å². The Labute approximate surface area is 83.0 Å². The maximum absolute atomic E-state index is 12.2. The first-order valence-corrected chi connectivity index (χ1v) is 3.98. The van der Waals surface area contributed by atoms with Crippen molar-refractivity contribution in [1.82, 2.24) is 15.2 Å². The van der Waals surface area contributed by atoms with Gasteiger partial charge in [0.1, 0.15) is 6.04 Å². The van der Waals surface area contributed by atoms with E-state index in [9.17, 15) is 18.0 Å². The summed E-state index contributed by atoms with van der Waals surface area (Å²) in [6.45, 7) is 1.38. The molecule has 5 nitrogen and oxygen atoms in total. The molecular weight excluding hydrogens is 213 g/mol. The van der Waals surface area contributed by atoms with Crippen LogP contribution in [0.25, 0.3) is 0 Å². The zero-order valence-corrected chi connectivity index (χ0v) is 7.75. The molecular formula is C7H9F3N4O. The van der Waals surface area contributed by atoms with Crippen molar-refractivity contribution in [1.29, 1.82) is 0 Å². The fourth-order valence-electron chi connectivity index (χ4n) is 0.937. The van der Waals surface area contributed by atoms with Crippen molar-refractivity contribution in [2.75, 3.05) is 0 Å². The molecule has 1 heterocycles. The Bertz CT molecular complexity index is 359. The largest absolute Gasteiger partial charge is 0.419 e. The highest BCUT2D eigenvalue weighted by molar-refractivity contribution is 5.79. The molecule has 0 spiro atoms. The van der Waals surface area contributed by atoms with Crippen molar-refractivity contribution in [3.05, 3.63) is 18.0 Å². The number of aromatic nitrogens is 2. The number of nitrogens with zero attached hydrogens (tertiary/aromatic N) is 2. The van der Waals surface area contributed by atoms with E-state index in [1.807, 2.05) is 5.43 Å². The van der Waals surface area contributed by atoms with Gasteiger partial charge in [0, 0.05) is 6.20 Å². The molecule has 0 saturated carbocycles. The summed E-state index contributed by atoms with van der Waals surface area (Å²) in [5.41, 5.74) is 0.927. The molecule has 0 aromatic carbocycles. The zero-order chi connectivity index (χ0) is 11.6. The summed E-state index contributed by atoms with van der Waals surface area (Å²) in [7, 11) is 0. The molecule has 0 saturated heterocycles. The van der Waals surface area contributed by atoms with Gasteiger partial charge in [0.05, 0.1) is 11.8 Å². The molecule has 0 aliphatic heterocycles. The number of hydrogen-bond acceptors (Lipinski definition) is 3. The van der Waals surface area contributed by atoms with Crippen molar-refractivity contribution in [3.8, 4) is 0 Å². The Balaban J connectivity index is 2.89. The van der Waals surface area contributed by atoms with E-state index in [1.165, 1.54) is 6.92 Å². The van der Waals surface area contributed by atoms with E-state index in [2.05, 4.69) is 5.10 Å². The first-order chi connectivity index (χ1) is 6.86. The number of nitrogens with one attached hydrogen (secondary N) is 1. The third-order valence-electron chi connectivity index (χ3n) is 1.85. The van der Waals surface area contributed by atoms with Gasteiger partial charge in [-0.1, -0.05) is 0 Å². The average molecular weight is 222 g/mol. The summed E-state index contributed by atoms with van der Waals surface area (Å²) < 4.78 is 37.4. The quantitative estimate of drug-likeness (QED) is 0.433. The fourth-order valence-corrected chi connectivity index (χ4v) is 0.937. The number of hydrazine groups is 1. The molecule has 1 rings (SSSR count). The molecule has 0 radical (unpaired) electrons. The zero-order valence-electron chi connectivity index (χ0n) is 7.75. The van der Waals surface area contributed by atoms with Crippen molar-refractivity contribution in [2.24, 2.45) is 5.84 Å². The molecule has 1 aromatic rings. The van der Waals surface area contributed by atoms with Crippen LogP contribution in [0.4, 0.5) is 13.2 Å². The van der Waals surface area contributed by atoms with E-state index in [0.29, 0.717) is 6.20 Å². The molecule has 84 valence electrons. The maximum Gasteiger partial charge on any atom is 0.419 e. The van der Waals surface area contributed by atoms with Crippen LogP contribution in [0, 0.1) is 0 Å². The minimum absolute atomic E-state index is 0.619. The van der Waals surface area contributed by atoms with Crippen LogP contribution in [-0.2, 0) is 11.0 Å². The van der Waals surface area contributed by atoms with Crippen LogP contribution in [0.3, 0.4) is 0 Å². The standard InChI is InChI=1S/C7H9F3N4O/c1-4(6(15)13-11)14-3-5(2-12-14)7(8,9)10/h2-4H,11H2,1H3,(H,13,15). The van der Waals surface area contributed by atoms with Crippen molar-refractivity contribution >= 4 is 5.91 Å². The molecule has 1 amide bonds. The fraction of sp³-hybridized carbons (Fsp3) is 0.429. The predicted molar refractivity (Wildman–Crippen MR) is 44.3 cm³/mol. The molecule has 3 N–H and O–H groups in total. The molecule has 0 aliphatic rings. The number of alkyl halides is 3. The Kier molecular flexibility index (Phi) is 2.98. The van der Waals surface area contributed by atoms with Crippen LogP contribution in [0.1, 0.15) is 18.5 Å². The summed E-state index contributed by atoms with van der Waals surface area (Å²) in [6, 6.07) is -0.883. The summed E-state index contributed by atoms with van der Waals surface area (Å²) in [5.74, 6) is 4.22. The highest BCUT2D eigenvalue weighted by Crippen LogP contribution is 2.28. The molecule has 1 atom stereocenters. The number of halogens is 3. The topological polar surface area (TPSA) is 72.9 Å². The van der Waals surface area contributed by atoms with Crippen LogP contribution in [0.2, 0.25) is 0 Å². The van der Waals surface area contributed by atoms with Gasteiger partial charge >= 0.3 is 6.18 Å². The molecule has 0 aliphatic carbocycles. The number of amides is 1. The monoisotopic (exact) mass is 222 g/mol.